The van der Waals surface area contributed by atoms with Crippen molar-refractivity contribution in [1.82, 2.24) is 25.6 Å². The van der Waals surface area contributed by atoms with Gasteiger partial charge in [-0.3, -0.25) is 5.10 Å². The van der Waals surface area contributed by atoms with E-state index < -0.39 is 11.9 Å². The third kappa shape index (κ3) is 1.88. The Hall–Kier alpha value is -2.51. The van der Waals surface area contributed by atoms with Gasteiger partial charge in [-0.2, -0.15) is 15.4 Å². The van der Waals surface area contributed by atoms with Gasteiger partial charge in [0.05, 0.1) is 6.20 Å². The Balaban J connectivity index is 2.04. The Bertz CT molecular complexity index is 417. The summed E-state index contributed by atoms with van der Waals surface area (Å²) in [6, 6.07) is 1.39. The molecule has 0 fully saturated rings. The number of esters is 2. The zero-order chi connectivity index (χ0) is 10.7. The predicted octanol–water partition coefficient (Wildman–Crippen LogP) is -0.475. The van der Waals surface area contributed by atoms with E-state index in [0.717, 1.165) is 6.20 Å². The lowest BCUT2D eigenvalue weighted by atomic mass is 10.4. The molecule has 0 radical (unpaired) electrons. The van der Waals surface area contributed by atoms with Crippen molar-refractivity contribution < 1.29 is 14.3 Å². The molecular formula is C7H5N5O3. The maximum Gasteiger partial charge on any atom is 0.368 e. The van der Waals surface area contributed by atoms with Crippen LogP contribution in [0.5, 0.6) is 0 Å². The Morgan fingerprint density at radius 1 is 1.27 bits per heavy atom. The van der Waals surface area contributed by atoms with Gasteiger partial charge < -0.3 is 4.74 Å². The van der Waals surface area contributed by atoms with Gasteiger partial charge in [-0.15, -0.1) is 5.10 Å². The van der Waals surface area contributed by atoms with E-state index in [1.807, 2.05) is 0 Å². The SMILES string of the molecule is O=C(OC(=O)c1ccn[nH]1)c1cn[nH]n1. The van der Waals surface area contributed by atoms with Gasteiger partial charge >= 0.3 is 11.9 Å². The highest BCUT2D eigenvalue weighted by Gasteiger charge is 2.17. The monoisotopic (exact) mass is 207 g/mol. The van der Waals surface area contributed by atoms with Crippen LogP contribution in [0.15, 0.2) is 18.5 Å². The average molecular weight is 207 g/mol. The molecule has 8 nitrogen and oxygen atoms in total. The van der Waals surface area contributed by atoms with Gasteiger partial charge in [0.1, 0.15) is 5.69 Å². The number of rotatable bonds is 2. The van der Waals surface area contributed by atoms with Crippen molar-refractivity contribution in [3.63, 3.8) is 0 Å². The molecule has 0 aromatic carbocycles. The molecule has 0 aliphatic carbocycles. The second-order valence-corrected chi connectivity index (χ2v) is 2.50. The third-order valence-corrected chi connectivity index (χ3v) is 1.53. The summed E-state index contributed by atoms with van der Waals surface area (Å²) < 4.78 is 4.47. The molecule has 0 saturated heterocycles. The fourth-order valence-electron chi connectivity index (χ4n) is 0.861. The quantitative estimate of drug-likeness (QED) is 0.508. The first-order valence-electron chi connectivity index (χ1n) is 3.89. The number of aromatic amines is 2. The normalized spacial score (nSPS) is 9.87. The Morgan fingerprint density at radius 2 is 2.13 bits per heavy atom. The van der Waals surface area contributed by atoms with Crippen LogP contribution in [0.1, 0.15) is 21.0 Å². The van der Waals surface area contributed by atoms with Gasteiger partial charge in [-0.05, 0) is 6.07 Å². The number of carbonyl (C=O) groups excluding carboxylic acids is 2. The molecule has 0 bridgehead atoms. The molecule has 8 heteroatoms. The van der Waals surface area contributed by atoms with Crippen LogP contribution in [0, 0.1) is 0 Å². The predicted molar refractivity (Wildman–Crippen MR) is 44.7 cm³/mol. The van der Waals surface area contributed by atoms with Crippen molar-refractivity contribution in [1.29, 1.82) is 0 Å². The number of H-pyrrole nitrogens is 2. The van der Waals surface area contributed by atoms with Gasteiger partial charge in [0.15, 0.2) is 5.69 Å². The highest BCUT2D eigenvalue weighted by Crippen LogP contribution is 1.99. The van der Waals surface area contributed by atoms with Gasteiger partial charge in [-0.1, -0.05) is 0 Å². The number of hydrogen-bond donors (Lipinski definition) is 2. The lowest BCUT2D eigenvalue weighted by Gasteiger charge is -1.96. The second kappa shape index (κ2) is 3.70. The van der Waals surface area contributed by atoms with Crippen LogP contribution in [0.3, 0.4) is 0 Å². The van der Waals surface area contributed by atoms with Crippen LogP contribution in [-0.2, 0) is 4.74 Å². The van der Waals surface area contributed by atoms with Crippen molar-refractivity contribution in [2.24, 2.45) is 0 Å². The summed E-state index contributed by atoms with van der Waals surface area (Å²) in [7, 11) is 0. The van der Waals surface area contributed by atoms with Gasteiger partial charge in [0.2, 0.25) is 0 Å². The van der Waals surface area contributed by atoms with E-state index in [9.17, 15) is 9.59 Å². The Kier molecular flexibility index (Phi) is 2.23. The molecule has 15 heavy (non-hydrogen) atoms. The van der Waals surface area contributed by atoms with Crippen molar-refractivity contribution >= 4 is 11.9 Å². The van der Waals surface area contributed by atoms with E-state index >= 15 is 0 Å². The summed E-state index contributed by atoms with van der Waals surface area (Å²) in [6.45, 7) is 0. The van der Waals surface area contributed by atoms with Gasteiger partial charge in [0.25, 0.3) is 0 Å². The molecule has 76 valence electrons. The molecule has 0 spiro atoms. The second-order valence-electron chi connectivity index (χ2n) is 2.50. The molecule has 0 aliphatic rings. The molecule has 0 aliphatic heterocycles. The molecule has 2 aromatic rings. The molecule has 2 rings (SSSR count). The number of aromatic nitrogens is 5. The zero-order valence-corrected chi connectivity index (χ0v) is 7.30. The Morgan fingerprint density at radius 3 is 2.73 bits per heavy atom. The third-order valence-electron chi connectivity index (χ3n) is 1.53. The maximum atomic E-state index is 11.2. The van der Waals surface area contributed by atoms with Crippen molar-refractivity contribution in [3.05, 3.63) is 29.8 Å². The summed E-state index contributed by atoms with van der Waals surface area (Å²) in [6.07, 6.45) is 2.53. The number of ether oxygens (including phenoxy) is 1. The summed E-state index contributed by atoms with van der Waals surface area (Å²) in [5, 5.41) is 15.0. The fraction of sp³-hybridized carbons (Fsp3) is 0. The smallest absolute Gasteiger partial charge is 0.368 e. The van der Waals surface area contributed by atoms with Gasteiger partial charge in [-0.25, -0.2) is 9.59 Å². The number of hydrogen-bond acceptors (Lipinski definition) is 6. The minimum atomic E-state index is -0.872. The molecule has 2 N–H and O–H groups in total. The number of nitrogens with zero attached hydrogens (tertiary/aromatic N) is 3. The Labute approximate surface area is 82.6 Å². The van der Waals surface area contributed by atoms with E-state index in [1.165, 1.54) is 12.3 Å². The lowest BCUT2D eigenvalue weighted by molar-refractivity contribution is 0.0389. The topological polar surface area (TPSA) is 114 Å². The lowest BCUT2D eigenvalue weighted by Crippen LogP contribution is -2.13. The van der Waals surface area contributed by atoms with Crippen LogP contribution in [0.2, 0.25) is 0 Å². The highest BCUT2D eigenvalue weighted by molar-refractivity contribution is 6.00. The van der Waals surface area contributed by atoms with Crippen molar-refractivity contribution in [2.45, 2.75) is 0 Å². The summed E-state index contributed by atoms with van der Waals surface area (Å²) in [5.74, 6) is -1.69. The van der Waals surface area contributed by atoms with Gasteiger partial charge in [0, 0.05) is 6.20 Å². The van der Waals surface area contributed by atoms with E-state index in [4.69, 9.17) is 0 Å². The van der Waals surface area contributed by atoms with Crippen molar-refractivity contribution in [2.75, 3.05) is 0 Å². The van der Waals surface area contributed by atoms with Crippen LogP contribution < -0.4 is 0 Å². The van der Waals surface area contributed by atoms with E-state index in [1.54, 1.807) is 0 Å². The molecule has 2 heterocycles. The first-order valence-corrected chi connectivity index (χ1v) is 3.89. The molecule has 0 atom stereocenters. The number of nitrogens with one attached hydrogen (secondary N) is 2. The molecule has 0 saturated carbocycles. The number of carbonyl (C=O) groups is 2. The maximum absolute atomic E-state index is 11.2. The molecule has 0 unspecified atom stereocenters. The van der Waals surface area contributed by atoms with Crippen LogP contribution in [0.4, 0.5) is 0 Å². The minimum Gasteiger partial charge on any atom is -0.383 e. The minimum absolute atomic E-state index is 0.0668. The largest absolute Gasteiger partial charge is 0.383 e. The molecule has 0 amide bonds. The van der Waals surface area contributed by atoms with Crippen molar-refractivity contribution in [3.8, 4) is 0 Å². The standard InChI is InChI=1S/C7H5N5O3/c13-6(4-1-2-8-10-4)15-7(14)5-3-9-12-11-5/h1-3H,(H,8,10)(H,9,11,12). The highest BCUT2D eigenvalue weighted by atomic mass is 16.6. The zero-order valence-electron chi connectivity index (χ0n) is 7.30. The van der Waals surface area contributed by atoms with E-state index in [-0.39, 0.29) is 11.4 Å². The first-order chi connectivity index (χ1) is 7.27. The van der Waals surface area contributed by atoms with Crippen LogP contribution in [0.25, 0.3) is 0 Å². The van der Waals surface area contributed by atoms with E-state index in [2.05, 4.69) is 30.3 Å². The average Bonchev–Trinajstić information content (AvgIpc) is 2.91. The summed E-state index contributed by atoms with van der Waals surface area (Å²) in [5.41, 5.74) is 0.0229. The molecular weight excluding hydrogens is 202 g/mol. The summed E-state index contributed by atoms with van der Waals surface area (Å²) >= 11 is 0. The van der Waals surface area contributed by atoms with Crippen LogP contribution in [-0.4, -0.2) is 37.5 Å². The first kappa shape index (κ1) is 9.06. The fourth-order valence-corrected chi connectivity index (χ4v) is 0.861. The summed E-state index contributed by atoms with van der Waals surface area (Å²) in [4.78, 5) is 22.5. The van der Waals surface area contributed by atoms with Crippen LogP contribution >= 0.6 is 0 Å². The molecule has 2 aromatic heterocycles. The van der Waals surface area contributed by atoms with E-state index in [0.29, 0.717) is 0 Å².